The average molecular weight is 251 g/mol. The lowest BCUT2D eigenvalue weighted by Crippen LogP contribution is -2.39. The third kappa shape index (κ3) is 2.35. The SMILES string of the molecule is CC(C)(C)OC(=O)N1CC[C@H]2[C@H]1[C@H]2C(F)(F)F. The number of nitrogens with zero attached hydrogens (tertiary/aromatic N) is 1. The number of hydrogen-bond donors (Lipinski definition) is 0. The number of rotatable bonds is 0. The molecule has 0 aromatic carbocycles. The molecule has 0 aromatic heterocycles. The number of hydrogen-bond acceptors (Lipinski definition) is 2. The quantitative estimate of drug-likeness (QED) is 0.662. The minimum Gasteiger partial charge on any atom is -0.444 e. The molecular formula is C11H16F3NO2. The van der Waals surface area contributed by atoms with Gasteiger partial charge in [-0.25, -0.2) is 4.79 Å². The summed E-state index contributed by atoms with van der Waals surface area (Å²) in [6.45, 7) is 5.47. The smallest absolute Gasteiger partial charge is 0.410 e. The van der Waals surface area contributed by atoms with Crippen LogP contribution in [0.15, 0.2) is 0 Å². The summed E-state index contributed by atoms with van der Waals surface area (Å²) in [5.74, 6) is -1.76. The maximum Gasteiger partial charge on any atom is 0.410 e. The molecule has 17 heavy (non-hydrogen) atoms. The van der Waals surface area contributed by atoms with Crippen LogP contribution in [0, 0.1) is 11.8 Å². The summed E-state index contributed by atoms with van der Waals surface area (Å²) < 4.78 is 42.8. The van der Waals surface area contributed by atoms with E-state index in [4.69, 9.17) is 4.74 Å². The minimum absolute atomic E-state index is 0.372. The zero-order valence-corrected chi connectivity index (χ0v) is 10.0. The van der Waals surface area contributed by atoms with Gasteiger partial charge in [-0.1, -0.05) is 0 Å². The Balaban J connectivity index is 1.99. The van der Waals surface area contributed by atoms with Gasteiger partial charge in [-0.05, 0) is 33.1 Å². The highest BCUT2D eigenvalue weighted by molar-refractivity contribution is 5.70. The van der Waals surface area contributed by atoms with Gasteiger partial charge >= 0.3 is 12.3 Å². The van der Waals surface area contributed by atoms with Crippen molar-refractivity contribution in [2.75, 3.05) is 6.54 Å². The van der Waals surface area contributed by atoms with Gasteiger partial charge in [-0.15, -0.1) is 0 Å². The molecule has 1 aliphatic heterocycles. The van der Waals surface area contributed by atoms with Gasteiger partial charge in [0.05, 0.1) is 12.0 Å². The van der Waals surface area contributed by atoms with Crippen LogP contribution in [0.5, 0.6) is 0 Å². The van der Waals surface area contributed by atoms with Crippen LogP contribution in [0.3, 0.4) is 0 Å². The first-order valence-electron chi connectivity index (χ1n) is 5.67. The summed E-state index contributed by atoms with van der Waals surface area (Å²) in [5.41, 5.74) is -0.669. The molecule has 0 spiro atoms. The van der Waals surface area contributed by atoms with E-state index in [1.807, 2.05) is 0 Å². The molecule has 0 aromatic rings. The standard InChI is InChI=1S/C11H16F3NO2/c1-10(2,3)17-9(16)15-5-4-6-7(8(6)15)11(12,13)14/h6-8H,4-5H2,1-3H3/t6-,7+,8+/m1/s1. The van der Waals surface area contributed by atoms with Crippen molar-refractivity contribution in [3.05, 3.63) is 0 Å². The van der Waals surface area contributed by atoms with Crippen molar-refractivity contribution >= 4 is 6.09 Å². The molecule has 0 radical (unpaired) electrons. The van der Waals surface area contributed by atoms with Crippen LogP contribution in [-0.4, -0.2) is 35.4 Å². The van der Waals surface area contributed by atoms with Crippen molar-refractivity contribution < 1.29 is 22.7 Å². The number of carbonyl (C=O) groups is 1. The number of carbonyl (C=O) groups excluding carboxylic acids is 1. The van der Waals surface area contributed by atoms with Gasteiger partial charge in [0.2, 0.25) is 0 Å². The third-order valence-electron chi connectivity index (χ3n) is 3.20. The molecule has 0 bridgehead atoms. The summed E-state index contributed by atoms with van der Waals surface area (Å²) in [4.78, 5) is 12.9. The zero-order valence-electron chi connectivity index (χ0n) is 10.0. The lowest BCUT2D eigenvalue weighted by molar-refractivity contribution is -0.156. The Hall–Kier alpha value is -0.940. The number of alkyl halides is 3. The number of fused-ring (bicyclic) bond motifs is 1. The Labute approximate surface area is 97.9 Å². The van der Waals surface area contributed by atoms with Crippen LogP contribution in [0.1, 0.15) is 27.2 Å². The molecule has 6 heteroatoms. The Morgan fingerprint density at radius 2 is 1.88 bits per heavy atom. The number of piperidine rings is 1. The van der Waals surface area contributed by atoms with Gasteiger partial charge in [0.25, 0.3) is 0 Å². The molecule has 0 unspecified atom stereocenters. The van der Waals surface area contributed by atoms with E-state index in [-0.39, 0.29) is 0 Å². The number of likely N-dealkylation sites (tertiary alicyclic amines) is 1. The lowest BCUT2D eigenvalue weighted by Gasteiger charge is -2.26. The van der Waals surface area contributed by atoms with E-state index >= 15 is 0 Å². The lowest BCUT2D eigenvalue weighted by atomic mass is 10.2. The number of halogens is 3. The van der Waals surface area contributed by atoms with E-state index in [2.05, 4.69) is 0 Å². The third-order valence-corrected chi connectivity index (χ3v) is 3.20. The number of amides is 1. The largest absolute Gasteiger partial charge is 0.444 e. The molecule has 1 amide bonds. The Morgan fingerprint density at radius 3 is 2.29 bits per heavy atom. The summed E-state index contributed by atoms with van der Waals surface area (Å²) in [6, 6.07) is -0.690. The fourth-order valence-corrected chi connectivity index (χ4v) is 2.54. The van der Waals surface area contributed by atoms with Crippen molar-refractivity contribution in [1.29, 1.82) is 0 Å². The summed E-state index contributed by atoms with van der Waals surface area (Å²) >= 11 is 0. The molecule has 2 rings (SSSR count). The Kier molecular flexibility index (Phi) is 2.60. The summed E-state index contributed by atoms with van der Waals surface area (Å²) in [7, 11) is 0. The van der Waals surface area contributed by atoms with Gasteiger partial charge in [0.1, 0.15) is 5.60 Å². The highest BCUT2D eigenvalue weighted by Crippen LogP contribution is 2.58. The normalized spacial score (nSPS) is 32.4. The van der Waals surface area contributed by atoms with Crippen LogP contribution >= 0.6 is 0 Å². The minimum atomic E-state index is -4.20. The van der Waals surface area contributed by atoms with Gasteiger partial charge < -0.3 is 9.64 Å². The summed E-state index contributed by atoms with van der Waals surface area (Å²) in [5, 5.41) is 0. The first-order chi connectivity index (χ1) is 7.61. The highest BCUT2D eigenvalue weighted by atomic mass is 19.4. The fourth-order valence-electron chi connectivity index (χ4n) is 2.54. The second-order valence-corrected chi connectivity index (χ2v) is 5.68. The van der Waals surface area contributed by atoms with Crippen molar-refractivity contribution in [3.63, 3.8) is 0 Å². The molecule has 1 aliphatic carbocycles. The van der Waals surface area contributed by atoms with Crippen molar-refractivity contribution in [3.8, 4) is 0 Å². The Bertz CT molecular complexity index is 335. The molecule has 1 heterocycles. The first kappa shape index (κ1) is 12.5. The van der Waals surface area contributed by atoms with Crippen LogP contribution in [-0.2, 0) is 4.74 Å². The molecule has 2 fully saturated rings. The van der Waals surface area contributed by atoms with Crippen LogP contribution in [0.4, 0.5) is 18.0 Å². The van der Waals surface area contributed by atoms with Crippen molar-refractivity contribution in [2.24, 2.45) is 11.8 Å². The Morgan fingerprint density at radius 1 is 1.29 bits per heavy atom. The predicted octanol–water partition coefficient (Wildman–Crippen LogP) is 2.80. The zero-order chi connectivity index (χ0) is 13.0. The second-order valence-electron chi connectivity index (χ2n) is 5.68. The summed E-state index contributed by atoms with van der Waals surface area (Å²) in [6.07, 6.45) is -4.40. The van der Waals surface area contributed by atoms with E-state index in [0.717, 1.165) is 0 Å². The number of ether oxygens (including phenoxy) is 1. The molecule has 1 saturated carbocycles. The predicted molar refractivity (Wildman–Crippen MR) is 54.4 cm³/mol. The topological polar surface area (TPSA) is 29.5 Å². The van der Waals surface area contributed by atoms with Crippen LogP contribution < -0.4 is 0 Å². The molecule has 3 nitrogen and oxygen atoms in total. The molecule has 1 saturated heterocycles. The molecule has 3 atom stereocenters. The van der Waals surface area contributed by atoms with Gasteiger partial charge in [-0.3, -0.25) is 0 Å². The van der Waals surface area contributed by atoms with Crippen molar-refractivity contribution in [1.82, 2.24) is 4.90 Å². The maximum atomic E-state index is 12.6. The molecule has 98 valence electrons. The van der Waals surface area contributed by atoms with E-state index in [9.17, 15) is 18.0 Å². The van der Waals surface area contributed by atoms with Gasteiger partial charge in [0, 0.05) is 6.54 Å². The van der Waals surface area contributed by atoms with Crippen molar-refractivity contribution in [2.45, 2.75) is 45.0 Å². The average Bonchev–Trinajstić information content (AvgIpc) is 2.65. The van der Waals surface area contributed by atoms with Crippen LogP contribution in [0.25, 0.3) is 0 Å². The van der Waals surface area contributed by atoms with Gasteiger partial charge in [0.15, 0.2) is 0 Å². The first-order valence-corrected chi connectivity index (χ1v) is 5.67. The maximum absolute atomic E-state index is 12.6. The van der Waals surface area contributed by atoms with E-state index < -0.39 is 35.7 Å². The monoisotopic (exact) mass is 251 g/mol. The fraction of sp³-hybridized carbons (Fsp3) is 0.909. The molecular weight excluding hydrogens is 235 g/mol. The van der Waals surface area contributed by atoms with E-state index in [1.54, 1.807) is 20.8 Å². The van der Waals surface area contributed by atoms with E-state index in [1.165, 1.54) is 4.90 Å². The second kappa shape index (κ2) is 3.53. The van der Waals surface area contributed by atoms with E-state index in [0.29, 0.717) is 13.0 Å². The molecule has 2 aliphatic rings. The van der Waals surface area contributed by atoms with Gasteiger partial charge in [-0.2, -0.15) is 13.2 Å². The van der Waals surface area contributed by atoms with Crippen LogP contribution in [0.2, 0.25) is 0 Å². The highest BCUT2D eigenvalue weighted by Gasteiger charge is 2.69. The molecule has 0 N–H and O–H groups in total.